The minimum atomic E-state index is -1.00. The number of methoxy groups -OCH3 is 1. The van der Waals surface area contributed by atoms with Crippen molar-refractivity contribution in [3.05, 3.63) is 0 Å². The van der Waals surface area contributed by atoms with E-state index >= 15 is 0 Å². The predicted molar refractivity (Wildman–Crippen MR) is 67.4 cm³/mol. The molecular formula is C12H18N2O7. The molecule has 2 aliphatic rings. The second kappa shape index (κ2) is 6.27. The number of nitrogens with zero attached hydrogens (tertiary/aromatic N) is 1. The van der Waals surface area contributed by atoms with Crippen molar-refractivity contribution in [3.8, 4) is 0 Å². The van der Waals surface area contributed by atoms with Gasteiger partial charge in [-0.1, -0.05) is 0 Å². The number of aliphatic hydroxyl groups is 1. The summed E-state index contributed by atoms with van der Waals surface area (Å²) >= 11 is 0. The highest BCUT2D eigenvalue weighted by Gasteiger charge is 2.42. The topological polar surface area (TPSA) is 125 Å². The summed E-state index contributed by atoms with van der Waals surface area (Å²) in [6.07, 6.45) is -1.87. The van der Waals surface area contributed by atoms with Crippen LogP contribution in [0.25, 0.3) is 0 Å². The van der Waals surface area contributed by atoms with E-state index < -0.39 is 42.3 Å². The van der Waals surface area contributed by atoms with Gasteiger partial charge in [-0.3, -0.25) is 9.69 Å². The molecule has 2 heterocycles. The van der Waals surface area contributed by atoms with Crippen molar-refractivity contribution in [1.29, 1.82) is 0 Å². The van der Waals surface area contributed by atoms with Crippen LogP contribution in [0.3, 0.4) is 0 Å². The van der Waals surface area contributed by atoms with Crippen molar-refractivity contribution in [2.24, 2.45) is 0 Å². The Bertz CT molecular complexity index is 441. The SMILES string of the molecule is COC(=O)[C@@H]1C[C@@H](O)CN1C(=O)O[C@H]1CN[C@H](C(=O)O)C1. The number of likely N-dealkylation sites (tertiary alicyclic amines) is 1. The summed E-state index contributed by atoms with van der Waals surface area (Å²) < 4.78 is 9.78. The van der Waals surface area contributed by atoms with E-state index in [0.29, 0.717) is 0 Å². The first-order chi connectivity index (χ1) is 9.92. The molecule has 0 aromatic carbocycles. The minimum Gasteiger partial charge on any atom is -0.480 e. The number of carbonyl (C=O) groups is 3. The van der Waals surface area contributed by atoms with Crippen LogP contribution in [0.1, 0.15) is 12.8 Å². The van der Waals surface area contributed by atoms with Gasteiger partial charge in [0.05, 0.1) is 19.8 Å². The molecule has 21 heavy (non-hydrogen) atoms. The summed E-state index contributed by atoms with van der Waals surface area (Å²) in [5, 5.41) is 21.2. The molecule has 0 aromatic rings. The average molecular weight is 302 g/mol. The second-order valence-electron chi connectivity index (χ2n) is 5.12. The van der Waals surface area contributed by atoms with Crippen LogP contribution < -0.4 is 5.32 Å². The highest BCUT2D eigenvalue weighted by Crippen LogP contribution is 2.21. The van der Waals surface area contributed by atoms with Crippen LogP contribution in [0, 0.1) is 0 Å². The monoisotopic (exact) mass is 302 g/mol. The molecule has 0 saturated carbocycles. The largest absolute Gasteiger partial charge is 0.480 e. The lowest BCUT2D eigenvalue weighted by Gasteiger charge is -2.23. The molecule has 0 radical (unpaired) electrons. The third-order valence-electron chi connectivity index (χ3n) is 3.64. The van der Waals surface area contributed by atoms with Gasteiger partial charge in [0.2, 0.25) is 0 Å². The number of carbonyl (C=O) groups excluding carboxylic acids is 2. The third-order valence-corrected chi connectivity index (χ3v) is 3.64. The fourth-order valence-corrected chi connectivity index (χ4v) is 2.57. The van der Waals surface area contributed by atoms with Crippen LogP contribution in [0.15, 0.2) is 0 Å². The Morgan fingerprint density at radius 3 is 2.57 bits per heavy atom. The molecule has 1 amide bonds. The molecule has 3 N–H and O–H groups in total. The lowest BCUT2D eigenvalue weighted by molar-refractivity contribution is -0.145. The van der Waals surface area contributed by atoms with Gasteiger partial charge in [0.1, 0.15) is 18.2 Å². The molecule has 2 fully saturated rings. The van der Waals surface area contributed by atoms with E-state index in [9.17, 15) is 19.5 Å². The number of amides is 1. The van der Waals surface area contributed by atoms with Crippen molar-refractivity contribution in [3.63, 3.8) is 0 Å². The van der Waals surface area contributed by atoms with Gasteiger partial charge in [0.15, 0.2) is 0 Å². The number of rotatable bonds is 3. The number of hydrogen-bond donors (Lipinski definition) is 3. The molecule has 9 heteroatoms. The highest BCUT2D eigenvalue weighted by atomic mass is 16.6. The molecular weight excluding hydrogens is 284 g/mol. The van der Waals surface area contributed by atoms with Gasteiger partial charge in [0, 0.05) is 19.4 Å². The summed E-state index contributed by atoms with van der Waals surface area (Å²) in [5.41, 5.74) is 0. The zero-order chi connectivity index (χ0) is 15.6. The molecule has 0 bridgehead atoms. The maximum atomic E-state index is 12.1. The van der Waals surface area contributed by atoms with E-state index in [1.807, 2.05) is 0 Å². The highest BCUT2D eigenvalue weighted by molar-refractivity contribution is 5.82. The minimum absolute atomic E-state index is 0.0128. The number of carboxylic acids is 1. The number of aliphatic carboxylic acids is 1. The van der Waals surface area contributed by atoms with Crippen LogP contribution in [0.4, 0.5) is 4.79 Å². The normalized spacial score (nSPS) is 32.0. The fourth-order valence-electron chi connectivity index (χ4n) is 2.57. The van der Waals surface area contributed by atoms with Gasteiger partial charge >= 0.3 is 18.0 Å². The molecule has 0 spiro atoms. The quantitative estimate of drug-likeness (QED) is 0.540. The number of nitrogens with one attached hydrogen (secondary N) is 1. The summed E-state index contributed by atoms with van der Waals surface area (Å²) in [4.78, 5) is 35.6. The standard InChI is InChI=1S/C12H18N2O7/c1-20-11(18)9-2-6(15)5-14(9)12(19)21-7-3-8(10(16)17)13-4-7/h6-9,13,15H,2-5H2,1H3,(H,16,17)/t6-,7-,8+,9+/m1/s1. The first kappa shape index (κ1) is 15.5. The zero-order valence-corrected chi connectivity index (χ0v) is 11.5. The summed E-state index contributed by atoms with van der Waals surface area (Å²) in [7, 11) is 1.20. The van der Waals surface area contributed by atoms with Crippen molar-refractivity contribution >= 4 is 18.0 Å². The summed E-state index contributed by atoms with van der Waals surface area (Å²) in [6.45, 7) is 0.225. The van der Waals surface area contributed by atoms with Gasteiger partial charge in [-0.15, -0.1) is 0 Å². The fraction of sp³-hybridized carbons (Fsp3) is 0.750. The van der Waals surface area contributed by atoms with Gasteiger partial charge in [-0.2, -0.15) is 0 Å². The molecule has 118 valence electrons. The molecule has 4 atom stereocenters. The van der Waals surface area contributed by atoms with Crippen LogP contribution in [0.5, 0.6) is 0 Å². The average Bonchev–Trinajstić information content (AvgIpc) is 3.04. The van der Waals surface area contributed by atoms with E-state index in [0.717, 1.165) is 4.90 Å². The summed E-state index contributed by atoms with van der Waals surface area (Å²) in [5.74, 6) is -1.62. The van der Waals surface area contributed by atoms with E-state index in [4.69, 9.17) is 9.84 Å². The van der Waals surface area contributed by atoms with Gasteiger partial charge in [0.25, 0.3) is 0 Å². The first-order valence-corrected chi connectivity index (χ1v) is 6.61. The second-order valence-corrected chi connectivity index (χ2v) is 5.12. The zero-order valence-electron chi connectivity index (χ0n) is 11.5. The van der Waals surface area contributed by atoms with Crippen molar-refractivity contribution in [1.82, 2.24) is 10.2 Å². The molecule has 0 unspecified atom stereocenters. The molecule has 9 nitrogen and oxygen atoms in total. The summed E-state index contributed by atoms with van der Waals surface area (Å²) in [6, 6.07) is -1.62. The van der Waals surface area contributed by atoms with Crippen molar-refractivity contribution < 1.29 is 34.1 Å². The number of β-amino-alcohol motifs (C(OH)–C–C–N with tert-alkyl or cyclic N) is 1. The van der Waals surface area contributed by atoms with E-state index in [1.54, 1.807) is 0 Å². The number of ether oxygens (including phenoxy) is 2. The Morgan fingerprint density at radius 2 is 2.00 bits per heavy atom. The Kier molecular flexibility index (Phi) is 4.63. The Labute approximate surface area is 120 Å². The number of esters is 1. The van der Waals surface area contributed by atoms with Crippen molar-refractivity contribution in [2.45, 2.75) is 37.1 Å². The first-order valence-electron chi connectivity index (χ1n) is 6.61. The van der Waals surface area contributed by atoms with E-state index in [2.05, 4.69) is 10.1 Å². The maximum absolute atomic E-state index is 12.1. The number of carboxylic acid groups (broad SMARTS) is 1. The number of hydrogen-bond acceptors (Lipinski definition) is 7. The molecule has 2 rings (SSSR count). The van der Waals surface area contributed by atoms with Crippen LogP contribution >= 0.6 is 0 Å². The molecule has 2 saturated heterocycles. The lowest BCUT2D eigenvalue weighted by atomic mass is 10.2. The smallest absolute Gasteiger partial charge is 0.410 e. The van der Waals surface area contributed by atoms with Crippen LogP contribution in [0.2, 0.25) is 0 Å². The van der Waals surface area contributed by atoms with Crippen molar-refractivity contribution in [2.75, 3.05) is 20.2 Å². The molecule has 2 aliphatic heterocycles. The number of aliphatic hydroxyl groups excluding tert-OH is 1. The van der Waals surface area contributed by atoms with Crippen LogP contribution in [-0.4, -0.2) is 77.6 Å². The van der Waals surface area contributed by atoms with Crippen LogP contribution in [-0.2, 0) is 19.1 Å². The Balaban J connectivity index is 1.93. The van der Waals surface area contributed by atoms with E-state index in [-0.39, 0.29) is 25.9 Å². The maximum Gasteiger partial charge on any atom is 0.410 e. The molecule has 0 aliphatic carbocycles. The van der Waals surface area contributed by atoms with Gasteiger partial charge < -0.3 is 25.0 Å². The van der Waals surface area contributed by atoms with E-state index in [1.165, 1.54) is 7.11 Å². The van der Waals surface area contributed by atoms with Gasteiger partial charge in [-0.25, -0.2) is 9.59 Å². The molecule has 0 aromatic heterocycles. The van der Waals surface area contributed by atoms with Gasteiger partial charge in [-0.05, 0) is 0 Å². The predicted octanol–water partition coefficient (Wildman–Crippen LogP) is -1.45. The third kappa shape index (κ3) is 3.42. The Morgan fingerprint density at radius 1 is 1.29 bits per heavy atom. The Hall–Kier alpha value is -1.87. The lowest BCUT2D eigenvalue weighted by Crippen LogP contribution is -2.43.